The highest BCUT2D eigenvalue weighted by molar-refractivity contribution is 6.05. The highest BCUT2D eigenvalue weighted by Crippen LogP contribution is 2.40. The summed E-state index contributed by atoms with van der Waals surface area (Å²) in [5.74, 6) is 0.286. The number of pyridine rings is 1. The quantitative estimate of drug-likeness (QED) is 0.627. The van der Waals surface area contributed by atoms with E-state index in [0.29, 0.717) is 24.6 Å². The molecule has 1 saturated carbocycles. The van der Waals surface area contributed by atoms with Crippen LogP contribution in [0.3, 0.4) is 0 Å². The molecule has 2 fully saturated rings. The Kier molecular flexibility index (Phi) is 5.12. The van der Waals surface area contributed by atoms with Crippen LogP contribution in [0, 0.1) is 5.82 Å². The molecule has 6 nitrogen and oxygen atoms in total. The summed E-state index contributed by atoms with van der Waals surface area (Å²) in [6.07, 6.45) is 4.93. The molecule has 1 amide bonds. The molecular weight excluding hydrogens is 393 g/mol. The van der Waals surface area contributed by atoms with E-state index in [0.717, 1.165) is 54.8 Å². The zero-order valence-electron chi connectivity index (χ0n) is 18.1. The topological polar surface area (TPSA) is 54.3 Å². The van der Waals surface area contributed by atoms with E-state index in [9.17, 15) is 9.18 Å². The Morgan fingerprint density at radius 3 is 2.58 bits per heavy atom. The average molecular weight is 422 g/mol. The smallest absolute Gasteiger partial charge is 0.254 e. The lowest BCUT2D eigenvalue weighted by Crippen LogP contribution is -2.35. The van der Waals surface area contributed by atoms with E-state index < -0.39 is 0 Å². The first kappa shape index (κ1) is 20.0. The number of benzene rings is 1. The number of amides is 1. The maximum Gasteiger partial charge on any atom is 0.254 e. The average Bonchev–Trinajstić information content (AvgIpc) is 3.56. The van der Waals surface area contributed by atoms with Crippen molar-refractivity contribution < 1.29 is 9.18 Å². The number of rotatable bonds is 4. The van der Waals surface area contributed by atoms with Crippen LogP contribution >= 0.6 is 0 Å². The number of nitrogens with zero attached hydrogens (tertiary/aromatic N) is 5. The van der Waals surface area contributed by atoms with Gasteiger partial charge < -0.3 is 9.80 Å². The lowest BCUT2D eigenvalue weighted by molar-refractivity contribution is 0.0769. The minimum atomic E-state index is -0.231. The summed E-state index contributed by atoms with van der Waals surface area (Å²) < 4.78 is 15.2. The van der Waals surface area contributed by atoms with E-state index >= 15 is 0 Å². The number of hydrogen-bond donors (Lipinski definition) is 0. The maximum absolute atomic E-state index is 13.6. The van der Waals surface area contributed by atoms with Crippen LogP contribution in [0.5, 0.6) is 0 Å². The second-order valence-electron chi connectivity index (χ2n) is 8.90. The van der Waals surface area contributed by atoms with Crippen molar-refractivity contribution in [2.24, 2.45) is 0 Å². The normalized spacial score (nSPS) is 17.4. The van der Waals surface area contributed by atoms with Crippen molar-refractivity contribution in [3.63, 3.8) is 0 Å². The Morgan fingerprint density at radius 1 is 1.10 bits per heavy atom. The third-order valence-electron chi connectivity index (χ3n) is 6.28. The van der Waals surface area contributed by atoms with Gasteiger partial charge in [0, 0.05) is 49.5 Å². The van der Waals surface area contributed by atoms with Gasteiger partial charge in [-0.15, -0.1) is 0 Å². The first-order valence-corrected chi connectivity index (χ1v) is 11.2. The van der Waals surface area contributed by atoms with E-state index in [2.05, 4.69) is 23.8 Å². The van der Waals surface area contributed by atoms with E-state index in [-0.39, 0.29) is 17.8 Å². The van der Waals surface area contributed by atoms with E-state index in [1.165, 1.54) is 12.1 Å². The van der Waals surface area contributed by atoms with Crippen LogP contribution in [0.1, 0.15) is 61.1 Å². The van der Waals surface area contributed by atoms with Crippen LogP contribution < -0.4 is 4.90 Å². The van der Waals surface area contributed by atoms with Gasteiger partial charge in [0.2, 0.25) is 0 Å². The van der Waals surface area contributed by atoms with Crippen molar-refractivity contribution >= 4 is 22.6 Å². The van der Waals surface area contributed by atoms with Gasteiger partial charge in [0.1, 0.15) is 5.82 Å². The lowest BCUT2D eigenvalue weighted by atomic mass is 10.1. The first-order valence-electron chi connectivity index (χ1n) is 11.2. The van der Waals surface area contributed by atoms with Gasteiger partial charge in [-0.25, -0.2) is 14.1 Å². The molecule has 31 heavy (non-hydrogen) atoms. The van der Waals surface area contributed by atoms with Crippen LogP contribution in [-0.4, -0.2) is 51.8 Å². The van der Waals surface area contributed by atoms with Crippen molar-refractivity contribution in [3.05, 3.63) is 53.6 Å². The van der Waals surface area contributed by atoms with Gasteiger partial charge in [-0.2, -0.15) is 5.10 Å². The number of hydrogen-bond acceptors (Lipinski definition) is 4. The zero-order chi connectivity index (χ0) is 21.5. The summed E-state index contributed by atoms with van der Waals surface area (Å²) in [4.78, 5) is 22.7. The van der Waals surface area contributed by atoms with Crippen LogP contribution in [-0.2, 0) is 0 Å². The molecule has 1 aromatic carbocycles. The summed E-state index contributed by atoms with van der Waals surface area (Å²) in [7, 11) is 0. The number of aromatic nitrogens is 3. The summed E-state index contributed by atoms with van der Waals surface area (Å²) in [6, 6.07) is 8.77. The lowest BCUT2D eigenvalue weighted by Gasteiger charge is -2.24. The summed E-state index contributed by atoms with van der Waals surface area (Å²) in [6.45, 7) is 7.08. The second kappa shape index (κ2) is 7.94. The molecule has 0 bridgehead atoms. The van der Waals surface area contributed by atoms with Crippen LogP contribution in [0.2, 0.25) is 0 Å². The predicted molar refractivity (Wildman–Crippen MR) is 119 cm³/mol. The first-order chi connectivity index (χ1) is 15.0. The minimum Gasteiger partial charge on any atom is -0.370 e. The van der Waals surface area contributed by atoms with Gasteiger partial charge in [0.05, 0.1) is 17.1 Å². The molecule has 1 aliphatic carbocycles. The Morgan fingerprint density at radius 2 is 1.87 bits per heavy atom. The monoisotopic (exact) mass is 421 g/mol. The van der Waals surface area contributed by atoms with Crippen molar-refractivity contribution in [3.8, 4) is 0 Å². The van der Waals surface area contributed by atoms with Crippen molar-refractivity contribution in [2.75, 3.05) is 31.1 Å². The predicted octanol–water partition coefficient (Wildman–Crippen LogP) is 4.38. The fourth-order valence-corrected chi connectivity index (χ4v) is 4.38. The Hall–Kier alpha value is -2.96. The van der Waals surface area contributed by atoms with E-state index in [1.54, 1.807) is 18.3 Å². The minimum absolute atomic E-state index is 0.0542. The number of carbonyl (C=O) groups is 1. The van der Waals surface area contributed by atoms with Crippen molar-refractivity contribution in [2.45, 2.75) is 45.1 Å². The molecule has 1 saturated heterocycles. The number of fused-ring (bicyclic) bond motifs is 1. The van der Waals surface area contributed by atoms with Crippen LogP contribution in [0.25, 0.3) is 11.0 Å². The van der Waals surface area contributed by atoms with Crippen molar-refractivity contribution in [1.29, 1.82) is 0 Å². The Balaban J connectivity index is 1.42. The summed E-state index contributed by atoms with van der Waals surface area (Å²) in [5.41, 5.74) is 3.54. The zero-order valence-corrected chi connectivity index (χ0v) is 18.1. The fourth-order valence-electron chi connectivity index (χ4n) is 4.38. The largest absolute Gasteiger partial charge is 0.370 e. The molecule has 5 rings (SSSR count). The molecular formula is C24H28FN5O. The van der Waals surface area contributed by atoms with Gasteiger partial charge in [-0.3, -0.25) is 4.79 Å². The van der Waals surface area contributed by atoms with Gasteiger partial charge in [0.15, 0.2) is 5.65 Å². The number of carbonyl (C=O) groups excluding carboxylic acids is 1. The molecule has 3 heterocycles. The molecule has 0 atom stereocenters. The van der Waals surface area contributed by atoms with Gasteiger partial charge in [-0.1, -0.05) is 0 Å². The van der Waals surface area contributed by atoms with Gasteiger partial charge >= 0.3 is 0 Å². The molecule has 7 heteroatoms. The SMILES string of the molecule is CC(C)n1ncc2c(C(=O)N3CCCN(c4ccc(F)cc4)CC3)cc(C3CC3)nc21. The third kappa shape index (κ3) is 3.89. The summed E-state index contributed by atoms with van der Waals surface area (Å²) in [5, 5.41) is 5.36. The fraction of sp³-hybridized carbons (Fsp3) is 0.458. The molecule has 0 radical (unpaired) electrons. The highest BCUT2D eigenvalue weighted by atomic mass is 19.1. The van der Waals surface area contributed by atoms with Crippen LogP contribution in [0.4, 0.5) is 10.1 Å². The van der Waals surface area contributed by atoms with Gasteiger partial charge in [0.25, 0.3) is 5.91 Å². The number of halogens is 1. The molecule has 0 unspecified atom stereocenters. The van der Waals surface area contributed by atoms with E-state index in [1.807, 2.05) is 15.6 Å². The van der Waals surface area contributed by atoms with Crippen molar-refractivity contribution in [1.82, 2.24) is 19.7 Å². The Bertz CT molecular complexity index is 1100. The molecule has 2 aromatic heterocycles. The second-order valence-corrected chi connectivity index (χ2v) is 8.90. The molecule has 3 aromatic rings. The molecule has 1 aliphatic heterocycles. The highest BCUT2D eigenvalue weighted by Gasteiger charge is 2.30. The van der Waals surface area contributed by atoms with Crippen LogP contribution in [0.15, 0.2) is 36.5 Å². The van der Waals surface area contributed by atoms with E-state index in [4.69, 9.17) is 4.98 Å². The summed E-state index contributed by atoms with van der Waals surface area (Å²) >= 11 is 0. The number of anilines is 1. The molecule has 162 valence electrons. The standard InChI is InChI=1S/C24H28FN5O/c1-16(2)30-23-21(15-26-30)20(14-22(27-23)17-4-5-17)24(31)29-11-3-10-28(12-13-29)19-8-6-18(25)7-9-19/h6-9,14-17H,3-5,10-13H2,1-2H3. The maximum atomic E-state index is 13.6. The molecule has 0 N–H and O–H groups in total. The third-order valence-corrected chi connectivity index (χ3v) is 6.28. The Labute approximate surface area is 181 Å². The molecule has 0 spiro atoms. The molecule has 2 aliphatic rings. The van der Waals surface area contributed by atoms with Gasteiger partial charge in [-0.05, 0) is 63.4 Å².